The lowest BCUT2D eigenvalue weighted by atomic mass is 10.2. The Morgan fingerprint density at radius 2 is 2.23 bits per heavy atom. The molecule has 2 rings (SSSR count). The van der Waals surface area contributed by atoms with E-state index >= 15 is 0 Å². The molecule has 1 amide bonds. The van der Waals surface area contributed by atoms with E-state index in [0.717, 1.165) is 38.3 Å². The van der Waals surface area contributed by atoms with E-state index in [-0.39, 0.29) is 5.91 Å². The Morgan fingerprint density at radius 1 is 1.41 bits per heavy atom. The molecule has 0 radical (unpaired) electrons. The molecule has 1 heterocycles. The molecule has 1 aromatic carbocycles. The highest BCUT2D eigenvalue weighted by atomic mass is 16.5. The number of likely N-dealkylation sites (N-methyl/N-ethyl adjacent to an activating group) is 1. The molecule has 0 aromatic heterocycles. The molecule has 1 aliphatic heterocycles. The van der Waals surface area contributed by atoms with Gasteiger partial charge in [0.15, 0.2) is 0 Å². The van der Waals surface area contributed by atoms with Gasteiger partial charge in [-0.05, 0) is 44.0 Å². The second-order valence-electron chi connectivity index (χ2n) is 6.45. The third kappa shape index (κ3) is 5.34. The molecule has 22 heavy (non-hydrogen) atoms. The summed E-state index contributed by atoms with van der Waals surface area (Å²) in [4.78, 5) is 16.3. The van der Waals surface area contributed by atoms with Crippen LogP contribution >= 0.6 is 0 Å². The molecule has 1 saturated heterocycles. The van der Waals surface area contributed by atoms with Crippen LogP contribution in [0.5, 0.6) is 5.75 Å². The summed E-state index contributed by atoms with van der Waals surface area (Å²) in [5.74, 6) is 1.86. The van der Waals surface area contributed by atoms with Gasteiger partial charge in [-0.2, -0.15) is 0 Å². The maximum atomic E-state index is 12.1. The van der Waals surface area contributed by atoms with Crippen LogP contribution in [0.15, 0.2) is 24.3 Å². The lowest BCUT2D eigenvalue weighted by molar-refractivity contribution is -0.130. The van der Waals surface area contributed by atoms with Crippen molar-refractivity contribution in [2.45, 2.75) is 26.7 Å². The third-order valence-electron chi connectivity index (χ3n) is 4.22. The number of carbonyl (C=O) groups excluding carboxylic acids is 1. The number of amides is 1. The van der Waals surface area contributed by atoms with Gasteiger partial charge in [-0.15, -0.1) is 0 Å². The maximum absolute atomic E-state index is 12.1. The standard InChI is InChI=1S/C18H28N2O2/c1-15-5-4-6-17(13-15)22-12-11-19(3)9-8-18(21)20-10-7-16(2)14-20/h4-6,13,16H,7-12,14H2,1-3H3/t16-/m0/s1. The maximum Gasteiger partial charge on any atom is 0.223 e. The molecule has 4 heteroatoms. The van der Waals surface area contributed by atoms with Gasteiger partial charge >= 0.3 is 0 Å². The smallest absolute Gasteiger partial charge is 0.223 e. The highest BCUT2D eigenvalue weighted by Gasteiger charge is 2.22. The Kier molecular flexibility index (Phi) is 6.25. The first-order chi connectivity index (χ1) is 10.5. The van der Waals surface area contributed by atoms with E-state index in [1.165, 1.54) is 5.56 Å². The zero-order valence-corrected chi connectivity index (χ0v) is 14.0. The average molecular weight is 304 g/mol. The number of rotatable bonds is 7. The van der Waals surface area contributed by atoms with Crippen molar-refractivity contribution in [3.05, 3.63) is 29.8 Å². The second kappa shape index (κ2) is 8.18. The molecule has 0 aliphatic carbocycles. The molecular weight excluding hydrogens is 276 g/mol. The fourth-order valence-electron chi connectivity index (χ4n) is 2.74. The van der Waals surface area contributed by atoms with E-state index in [1.54, 1.807) is 0 Å². The van der Waals surface area contributed by atoms with Crippen molar-refractivity contribution in [2.24, 2.45) is 5.92 Å². The summed E-state index contributed by atoms with van der Waals surface area (Å²) >= 11 is 0. The van der Waals surface area contributed by atoms with Crippen LogP contribution in [0.25, 0.3) is 0 Å². The van der Waals surface area contributed by atoms with E-state index in [2.05, 4.69) is 24.8 Å². The lowest BCUT2D eigenvalue weighted by Crippen LogP contribution is -2.33. The molecule has 1 aliphatic rings. The first-order valence-electron chi connectivity index (χ1n) is 8.20. The van der Waals surface area contributed by atoms with E-state index in [0.29, 0.717) is 18.9 Å². The van der Waals surface area contributed by atoms with Crippen LogP contribution in [-0.4, -0.2) is 55.5 Å². The predicted molar refractivity (Wildman–Crippen MR) is 89.1 cm³/mol. The van der Waals surface area contributed by atoms with Gasteiger partial charge in [0.25, 0.3) is 0 Å². The highest BCUT2D eigenvalue weighted by Crippen LogP contribution is 2.16. The quantitative estimate of drug-likeness (QED) is 0.776. The summed E-state index contributed by atoms with van der Waals surface area (Å²) in [5, 5.41) is 0. The molecular formula is C18H28N2O2. The average Bonchev–Trinajstić information content (AvgIpc) is 2.91. The molecule has 0 bridgehead atoms. The second-order valence-corrected chi connectivity index (χ2v) is 6.45. The summed E-state index contributed by atoms with van der Waals surface area (Å²) < 4.78 is 5.74. The topological polar surface area (TPSA) is 32.8 Å². The Labute approximate surface area is 134 Å². The van der Waals surface area contributed by atoms with Gasteiger partial charge in [0.2, 0.25) is 5.91 Å². The van der Waals surface area contributed by atoms with Crippen LogP contribution in [0.2, 0.25) is 0 Å². The summed E-state index contributed by atoms with van der Waals surface area (Å²) in [5.41, 5.74) is 1.20. The van der Waals surface area contributed by atoms with Crippen LogP contribution in [0.4, 0.5) is 0 Å². The summed E-state index contributed by atoms with van der Waals surface area (Å²) in [6, 6.07) is 8.08. The van der Waals surface area contributed by atoms with Crippen LogP contribution in [-0.2, 0) is 4.79 Å². The normalized spacial score (nSPS) is 18.0. The summed E-state index contributed by atoms with van der Waals surface area (Å²) in [7, 11) is 2.04. The molecule has 0 saturated carbocycles. The summed E-state index contributed by atoms with van der Waals surface area (Å²) in [6.07, 6.45) is 1.75. The molecule has 0 spiro atoms. The largest absolute Gasteiger partial charge is 0.492 e. The zero-order chi connectivity index (χ0) is 15.9. The number of ether oxygens (including phenoxy) is 1. The van der Waals surface area contributed by atoms with Gasteiger partial charge in [-0.1, -0.05) is 19.1 Å². The van der Waals surface area contributed by atoms with Crippen molar-refractivity contribution >= 4 is 5.91 Å². The number of aryl methyl sites for hydroxylation is 1. The zero-order valence-electron chi connectivity index (χ0n) is 14.0. The number of nitrogens with zero attached hydrogens (tertiary/aromatic N) is 2. The van der Waals surface area contributed by atoms with E-state index in [1.807, 2.05) is 30.1 Å². The van der Waals surface area contributed by atoms with Crippen LogP contribution in [0.1, 0.15) is 25.3 Å². The van der Waals surface area contributed by atoms with Crippen molar-refractivity contribution in [2.75, 3.05) is 39.8 Å². The fraction of sp³-hybridized carbons (Fsp3) is 0.611. The minimum atomic E-state index is 0.288. The van der Waals surface area contributed by atoms with Crippen LogP contribution in [0.3, 0.4) is 0 Å². The van der Waals surface area contributed by atoms with Crippen molar-refractivity contribution in [3.8, 4) is 5.75 Å². The molecule has 122 valence electrons. The van der Waals surface area contributed by atoms with Crippen molar-refractivity contribution in [1.29, 1.82) is 0 Å². The Morgan fingerprint density at radius 3 is 2.91 bits per heavy atom. The predicted octanol–water partition coefficient (Wildman–Crippen LogP) is 2.56. The number of carbonyl (C=O) groups is 1. The SMILES string of the molecule is Cc1cccc(OCCN(C)CCC(=O)N2CC[C@H](C)C2)c1. The van der Waals surface area contributed by atoms with Crippen molar-refractivity contribution < 1.29 is 9.53 Å². The van der Waals surface area contributed by atoms with Crippen LogP contribution in [0, 0.1) is 12.8 Å². The Balaban J connectivity index is 1.61. The Bertz CT molecular complexity index is 490. The molecule has 1 fully saturated rings. The monoisotopic (exact) mass is 304 g/mol. The minimum absolute atomic E-state index is 0.288. The lowest BCUT2D eigenvalue weighted by Gasteiger charge is -2.20. The van der Waals surface area contributed by atoms with E-state index in [4.69, 9.17) is 4.74 Å². The number of likely N-dealkylation sites (tertiary alicyclic amines) is 1. The molecule has 1 atom stereocenters. The molecule has 0 unspecified atom stereocenters. The van der Waals surface area contributed by atoms with Crippen LogP contribution < -0.4 is 4.74 Å². The summed E-state index contributed by atoms with van der Waals surface area (Å²) in [6.45, 7) is 8.40. The van der Waals surface area contributed by atoms with Gasteiger partial charge in [0, 0.05) is 32.6 Å². The van der Waals surface area contributed by atoms with Gasteiger partial charge in [-0.25, -0.2) is 0 Å². The first kappa shape index (κ1) is 16.8. The highest BCUT2D eigenvalue weighted by molar-refractivity contribution is 5.76. The Hall–Kier alpha value is -1.55. The molecule has 0 N–H and O–H groups in total. The first-order valence-corrected chi connectivity index (χ1v) is 8.20. The van der Waals surface area contributed by atoms with Gasteiger partial charge in [0.05, 0.1) is 0 Å². The van der Waals surface area contributed by atoms with Gasteiger partial charge in [-0.3, -0.25) is 4.79 Å². The number of hydrogen-bond acceptors (Lipinski definition) is 3. The third-order valence-corrected chi connectivity index (χ3v) is 4.22. The van der Waals surface area contributed by atoms with E-state index in [9.17, 15) is 4.79 Å². The van der Waals surface area contributed by atoms with Crippen molar-refractivity contribution in [1.82, 2.24) is 9.80 Å². The number of benzene rings is 1. The minimum Gasteiger partial charge on any atom is -0.492 e. The molecule has 1 aromatic rings. The number of hydrogen-bond donors (Lipinski definition) is 0. The van der Waals surface area contributed by atoms with Crippen molar-refractivity contribution in [3.63, 3.8) is 0 Å². The van der Waals surface area contributed by atoms with Gasteiger partial charge in [0.1, 0.15) is 12.4 Å². The van der Waals surface area contributed by atoms with E-state index < -0.39 is 0 Å². The molecule has 4 nitrogen and oxygen atoms in total. The van der Waals surface area contributed by atoms with Gasteiger partial charge < -0.3 is 14.5 Å². The fourth-order valence-corrected chi connectivity index (χ4v) is 2.74.